The van der Waals surface area contributed by atoms with E-state index in [1.807, 2.05) is 30.6 Å². The SMILES string of the molecule is CNC([C]=O)Cc1ccc(OC)cc1. The quantitative estimate of drug-likeness (QED) is 0.754. The number of nitrogens with one attached hydrogen (secondary N) is 1. The third kappa shape index (κ3) is 2.85. The molecular weight excluding hydrogens is 178 g/mol. The first-order valence-corrected chi connectivity index (χ1v) is 4.48. The van der Waals surface area contributed by atoms with Crippen molar-refractivity contribution < 1.29 is 9.53 Å². The lowest BCUT2D eigenvalue weighted by molar-refractivity contribution is 0.414. The van der Waals surface area contributed by atoms with Crippen LogP contribution in [0.2, 0.25) is 0 Å². The minimum atomic E-state index is -0.233. The second-order valence-corrected chi connectivity index (χ2v) is 3.01. The fourth-order valence-electron chi connectivity index (χ4n) is 1.20. The van der Waals surface area contributed by atoms with E-state index in [1.54, 1.807) is 14.2 Å². The topological polar surface area (TPSA) is 38.3 Å². The summed E-state index contributed by atoms with van der Waals surface area (Å²) in [5.74, 6) is 0.824. The minimum Gasteiger partial charge on any atom is -0.497 e. The molecule has 0 saturated heterocycles. The molecule has 0 spiro atoms. The number of hydrogen-bond donors (Lipinski definition) is 1. The number of methoxy groups -OCH3 is 1. The maximum atomic E-state index is 10.5. The van der Waals surface area contributed by atoms with Gasteiger partial charge in [-0.1, -0.05) is 12.1 Å². The second-order valence-electron chi connectivity index (χ2n) is 3.01. The lowest BCUT2D eigenvalue weighted by atomic mass is 10.1. The fourth-order valence-corrected chi connectivity index (χ4v) is 1.20. The normalized spacial score (nSPS) is 12.1. The van der Waals surface area contributed by atoms with Crippen LogP contribution in [-0.2, 0) is 11.2 Å². The number of likely N-dealkylation sites (N-methyl/N-ethyl adjacent to an activating group) is 1. The third-order valence-electron chi connectivity index (χ3n) is 2.09. The van der Waals surface area contributed by atoms with Gasteiger partial charge < -0.3 is 10.1 Å². The summed E-state index contributed by atoms with van der Waals surface area (Å²) in [5.41, 5.74) is 1.09. The number of hydrogen-bond acceptors (Lipinski definition) is 3. The Labute approximate surface area is 84.1 Å². The molecule has 0 aliphatic rings. The summed E-state index contributed by atoms with van der Waals surface area (Å²) in [6.07, 6.45) is 2.59. The molecule has 1 unspecified atom stereocenters. The van der Waals surface area contributed by atoms with Crippen LogP contribution in [-0.4, -0.2) is 26.5 Å². The summed E-state index contributed by atoms with van der Waals surface area (Å²) in [6, 6.07) is 7.42. The van der Waals surface area contributed by atoms with Crippen molar-refractivity contribution in [2.24, 2.45) is 0 Å². The number of ether oxygens (including phenoxy) is 1. The van der Waals surface area contributed by atoms with Crippen LogP contribution in [0.5, 0.6) is 5.75 Å². The van der Waals surface area contributed by atoms with E-state index in [0.29, 0.717) is 6.42 Å². The van der Waals surface area contributed by atoms with Crippen LogP contribution in [0, 0.1) is 0 Å². The molecule has 3 nitrogen and oxygen atoms in total. The monoisotopic (exact) mass is 192 g/mol. The van der Waals surface area contributed by atoms with Crippen LogP contribution in [0.15, 0.2) is 24.3 Å². The Morgan fingerprint density at radius 1 is 1.43 bits per heavy atom. The van der Waals surface area contributed by atoms with Gasteiger partial charge in [0, 0.05) is 0 Å². The van der Waals surface area contributed by atoms with Gasteiger partial charge in [0.25, 0.3) is 0 Å². The van der Waals surface area contributed by atoms with Crippen molar-refractivity contribution in [3.8, 4) is 5.75 Å². The first-order chi connectivity index (χ1) is 6.80. The Balaban J connectivity index is 2.63. The smallest absolute Gasteiger partial charge is 0.217 e. The molecule has 0 aliphatic carbocycles. The summed E-state index contributed by atoms with van der Waals surface area (Å²) in [4.78, 5) is 10.5. The fraction of sp³-hybridized carbons (Fsp3) is 0.364. The summed E-state index contributed by atoms with van der Waals surface area (Å²) in [7, 11) is 3.38. The van der Waals surface area contributed by atoms with Gasteiger partial charge in [0.05, 0.1) is 13.2 Å². The van der Waals surface area contributed by atoms with Crippen molar-refractivity contribution in [3.05, 3.63) is 29.8 Å². The molecule has 1 N–H and O–H groups in total. The third-order valence-corrected chi connectivity index (χ3v) is 2.09. The molecule has 0 aromatic heterocycles. The molecular formula is C11H14NO2. The van der Waals surface area contributed by atoms with Crippen LogP contribution in [0.4, 0.5) is 0 Å². The highest BCUT2D eigenvalue weighted by Crippen LogP contribution is 2.12. The Kier molecular flexibility index (Phi) is 4.13. The minimum absolute atomic E-state index is 0.233. The van der Waals surface area contributed by atoms with Crippen molar-refractivity contribution in [2.45, 2.75) is 12.5 Å². The largest absolute Gasteiger partial charge is 0.497 e. The molecule has 0 heterocycles. The highest BCUT2D eigenvalue weighted by molar-refractivity contribution is 5.59. The zero-order valence-electron chi connectivity index (χ0n) is 8.41. The van der Waals surface area contributed by atoms with Gasteiger partial charge in [-0.15, -0.1) is 0 Å². The van der Waals surface area contributed by atoms with Gasteiger partial charge in [-0.2, -0.15) is 0 Å². The summed E-state index contributed by atoms with van der Waals surface area (Å²) >= 11 is 0. The summed E-state index contributed by atoms with van der Waals surface area (Å²) < 4.78 is 5.03. The molecule has 3 heteroatoms. The van der Waals surface area contributed by atoms with Gasteiger partial charge in [-0.05, 0) is 31.2 Å². The zero-order chi connectivity index (χ0) is 10.4. The van der Waals surface area contributed by atoms with Crippen LogP contribution in [0.3, 0.4) is 0 Å². The maximum Gasteiger partial charge on any atom is 0.217 e. The molecule has 0 saturated carbocycles. The first-order valence-electron chi connectivity index (χ1n) is 4.48. The van der Waals surface area contributed by atoms with Crippen molar-refractivity contribution in [2.75, 3.05) is 14.2 Å². The van der Waals surface area contributed by atoms with E-state index >= 15 is 0 Å². The van der Waals surface area contributed by atoms with Gasteiger partial charge in [0.1, 0.15) is 5.75 Å². The molecule has 0 aliphatic heterocycles. The average Bonchev–Trinajstić information content (AvgIpc) is 2.26. The molecule has 0 amide bonds. The van der Waals surface area contributed by atoms with Crippen molar-refractivity contribution in [3.63, 3.8) is 0 Å². The average molecular weight is 192 g/mol. The number of rotatable bonds is 5. The highest BCUT2D eigenvalue weighted by Gasteiger charge is 2.05. The van der Waals surface area contributed by atoms with E-state index in [9.17, 15) is 4.79 Å². The predicted octanol–water partition coefficient (Wildman–Crippen LogP) is 0.935. The van der Waals surface area contributed by atoms with E-state index < -0.39 is 0 Å². The van der Waals surface area contributed by atoms with Crippen LogP contribution in [0.25, 0.3) is 0 Å². The first kappa shape index (κ1) is 10.7. The zero-order valence-corrected chi connectivity index (χ0v) is 8.41. The molecule has 1 atom stereocenters. The molecule has 14 heavy (non-hydrogen) atoms. The van der Waals surface area contributed by atoms with Crippen LogP contribution < -0.4 is 10.1 Å². The van der Waals surface area contributed by atoms with Crippen LogP contribution >= 0.6 is 0 Å². The standard InChI is InChI=1S/C11H14NO2/c1-12-10(8-13)7-9-3-5-11(14-2)6-4-9/h3-6,10,12H,7H2,1-2H3. The Bertz CT molecular complexity index is 282. The highest BCUT2D eigenvalue weighted by atomic mass is 16.5. The van der Waals surface area contributed by atoms with Gasteiger partial charge >= 0.3 is 0 Å². The molecule has 0 fully saturated rings. The van der Waals surface area contributed by atoms with Crippen LogP contribution in [0.1, 0.15) is 5.56 Å². The number of benzene rings is 1. The van der Waals surface area contributed by atoms with Crippen molar-refractivity contribution >= 4 is 6.29 Å². The second kappa shape index (κ2) is 5.40. The van der Waals surface area contributed by atoms with Gasteiger partial charge in [0.15, 0.2) is 0 Å². The molecule has 0 bridgehead atoms. The van der Waals surface area contributed by atoms with E-state index in [-0.39, 0.29) is 6.04 Å². The molecule has 1 radical (unpaired) electrons. The van der Waals surface area contributed by atoms with E-state index in [2.05, 4.69) is 5.32 Å². The molecule has 1 rings (SSSR count). The molecule has 75 valence electrons. The number of carbonyl (C=O) groups excluding carboxylic acids is 1. The van der Waals surface area contributed by atoms with Gasteiger partial charge in [-0.3, -0.25) is 4.79 Å². The molecule has 1 aromatic carbocycles. The Hall–Kier alpha value is -1.35. The lowest BCUT2D eigenvalue weighted by Gasteiger charge is -2.08. The maximum absolute atomic E-state index is 10.5. The van der Waals surface area contributed by atoms with Gasteiger partial charge in [0.2, 0.25) is 6.29 Å². The van der Waals surface area contributed by atoms with Crippen molar-refractivity contribution in [1.82, 2.24) is 5.32 Å². The Morgan fingerprint density at radius 2 is 2.07 bits per heavy atom. The predicted molar refractivity (Wildman–Crippen MR) is 55.2 cm³/mol. The summed E-state index contributed by atoms with van der Waals surface area (Å²) in [6.45, 7) is 0. The van der Waals surface area contributed by atoms with E-state index in [0.717, 1.165) is 11.3 Å². The van der Waals surface area contributed by atoms with E-state index in [4.69, 9.17) is 4.74 Å². The molecule has 1 aromatic rings. The summed E-state index contributed by atoms with van der Waals surface area (Å²) in [5, 5.41) is 2.87. The van der Waals surface area contributed by atoms with Gasteiger partial charge in [-0.25, -0.2) is 0 Å². The Morgan fingerprint density at radius 3 is 2.50 bits per heavy atom. The van der Waals surface area contributed by atoms with Crippen molar-refractivity contribution in [1.29, 1.82) is 0 Å². The van der Waals surface area contributed by atoms with E-state index in [1.165, 1.54) is 0 Å². The lowest BCUT2D eigenvalue weighted by Crippen LogP contribution is -2.28.